The molecule has 0 saturated heterocycles. The highest BCUT2D eigenvalue weighted by Crippen LogP contribution is 1.78. The van der Waals surface area contributed by atoms with Crippen LogP contribution in [0, 0.1) is 0 Å². The lowest BCUT2D eigenvalue weighted by molar-refractivity contribution is -0.116. The zero-order chi connectivity index (χ0) is 10.5. The van der Waals surface area contributed by atoms with Gasteiger partial charge in [0.25, 0.3) is 0 Å². The zero-order valence-electron chi connectivity index (χ0n) is 6.73. The van der Waals surface area contributed by atoms with Crippen molar-refractivity contribution in [1.82, 2.24) is 9.44 Å². The molecule has 13 heavy (non-hydrogen) atoms. The molecule has 0 atom stereocenters. The van der Waals surface area contributed by atoms with Crippen molar-refractivity contribution in [3.05, 3.63) is 0 Å². The van der Waals surface area contributed by atoms with E-state index in [-0.39, 0.29) is 0 Å². The molecular weight excluding hydrogens is 202 g/mol. The van der Waals surface area contributed by atoms with Crippen LogP contribution in [0.25, 0.3) is 0 Å². The van der Waals surface area contributed by atoms with E-state index in [9.17, 15) is 18.0 Å². The first-order valence-corrected chi connectivity index (χ1v) is 4.49. The molecule has 0 unspecified atom stereocenters. The van der Waals surface area contributed by atoms with Crippen molar-refractivity contribution >= 4 is 22.2 Å². The number of nitrogens with two attached hydrogens (primary N) is 1. The molecular formula is C4H9N3O5S. The Kier molecular flexibility index (Phi) is 4.14. The molecule has 0 fully saturated rings. The monoisotopic (exact) mass is 211 g/mol. The topological polar surface area (TPSA) is 128 Å². The van der Waals surface area contributed by atoms with Gasteiger partial charge in [0.2, 0.25) is 5.91 Å². The van der Waals surface area contributed by atoms with E-state index < -0.39 is 28.8 Å². The van der Waals surface area contributed by atoms with Gasteiger partial charge in [0.15, 0.2) is 0 Å². The Bertz CT molecular complexity index is 297. The highest BCUT2D eigenvalue weighted by molar-refractivity contribution is 7.88. The van der Waals surface area contributed by atoms with Gasteiger partial charge in [-0.15, -0.1) is 0 Å². The lowest BCUT2D eigenvalue weighted by Crippen LogP contribution is -2.43. The van der Waals surface area contributed by atoms with Crippen molar-refractivity contribution in [2.45, 2.75) is 0 Å². The molecule has 0 aromatic carbocycles. The predicted molar refractivity (Wildman–Crippen MR) is 41.7 cm³/mol. The Morgan fingerprint density at radius 1 is 1.46 bits per heavy atom. The SMILES string of the molecule is COC(=O)NS(=O)(=O)NCC(N)=O. The van der Waals surface area contributed by atoms with E-state index in [0.29, 0.717) is 0 Å². The number of methoxy groups -OCH3 is 1. The average Bonchev–Trinajstić information content (AvgIpc) is 2.00. The summed E-state index contributed by atoms with van der Waals surface area (Å²) in [5, 5.41) is 0. The fraction of sp³-hybridized carbons (Fsp3) is 0.500. The van der Waals surface area contributed by atoms with E-state index in [2.05, 4.69) is 10.5 Å². The Morgan fingerprint density at radius 3 is 2.38 bits per heavy atom. The molecule has 0 aliphatic heterocycles. The molecule has 8 nitrogen and oxygen atoms in total. The molecule has 0 aromatic heterocycles. The molecule has 0 bridgehead atoms. The Hall–Kier alpha value is -1.35. The van der Waals surface area contributed by atoms with Crippen molar-refractivity contribution < 1.29 is 22.7 Å². The van der Waals surface area contributed by atoms with Gasteiger partial charge in [0.1, 0.15) is 0 Å². The molecule has 0 aliphatic carbocycles. The Labute approximate surface area is 74.6 Å². The number of amides is 2. The number of rotatable bonds is 4. The van der Waals surface area contributed by atoms with Gasteiger partial charge < -0.3 is 10.5 Å². The Balaban J connectivity index is 4.10. The minimum Gasteiger partial charge on any atom is -0.452 e. The number of hydrogen-bond acceptors (Lipinski definition) is 5. The van der Waals surface area contributed by atoms with E-state index in [1.807, 2.05) is 0 Å². The van der Waals surface area contributed by atoms with Gasteiger partial charge in [-0.25, -0.2) is 9.52 Å². The maximum absolute atomic E-state index is 10.8. The van der Waals surface area contributed by atoms with Crippen LogP contribution in [0.15, 0.2) is 0 Å². The van der Waals surface area contributed by atoms with Crippen molar-refractivity contribution in [2.75, 3.05) is 13.7 Å². The summed E-state index contributed by atoms with van der Waals surface area (Å²) in [5.41, 5.74) is 4.65. The van der Waals surface area contributed by atoms with Crippen LogP contribution >= 0.6 is 0 Å². The number of primary amides is 1. The first kappa shape index (κ1) is 11.6. The van der Waals surface area contributed by atoms with Crippen LogP contribution in [-0.2, 0) is 19.7 Å². The summed E-state index contributed by atoms with van der Waals surface area (Å²) in [6.07, 6.45) is -1.16. The molecule has 2 amide bonds. The molecule has 76 valence electrons. The van der Waals surface area contributed by atoms with Crippen LogP contribution in [0.1, 0.15) is 0 Å². The number of carbonyl (C=O) groups is 2. The minimum atomic E-state index is -4.06. The lowest BCUT2D eigenvalue weighted by Gasteiger charge is -2.04. The third-order valence-corrected chi connectivity index (χ3v) is 1.80. The zero-order valence-corrected chi connectivity index (χ0v) is 7.55. The minimum absolute atomic E-state index is 0.591. The summed E-state index contributed by atoms with van der Waals surface area (Å²) in [4.78, 5) is 20.6. The van der Waals surface area contributed by atoms with Crippen LogP contribution in [0.4, 0.5) is 4.79 Å². The third-order valence-electron chi connectivity index (χ3n) is 0.840. The van der Waals surface area contributed by atoms with Crippen LogP contribution < -0.4 is 15.2 Å². The molecule has 0 saturated carbocycles. The fourth-order valence-electron chi connectivity index (χ4n) is 0.354. The van der Waals surface area contributed by atoms with E-state index in [1.165, 1.54) is 4.72 Å². The van der Waals surface area contributed by atoms with Crippen molar-refractivity contribution in [1.29, 1.82) is 0 Å². The average molecular weight is 211 g/mol. The van der Waals surface area contributed by atoms with E-state index in [1.54, 1.807) is 4.72 Å². The van der Waals surface area contributed by atoms with Crippen LogP contribution in [0.3, 0.4) is 0 Å². The van der Waals surface area contributed by atoms with Gasteiger partial charge >= 0.3 is 16.3 Å². The fourth-order valence-corrected chi connectivity index (χ4v) is 1.06. The van der Waals surface area contributed by atoms with Crippen molar-refractivity contribution in [3.63, 3.8) is 0 Å². The largest absolute Gasteiger partial charge is 0.452 e. The molecule has 4 N–H and O–H groups in total. The number of carbonyl (C=O) groups excluding carboxylic acids is 2. The van der Waals surface area contributed by atoms with E-state index in [0.717, 1.165) is 7.11 Å². The summed E-state index contributed by atoms with van der Waals surface area (Å²) < 4.78 is 28.7. The quantitative estimate of drug-likeness (QED) is 0.480. The number of ether oxygens (including phenoxy) is 1. The van der Waals surface area contributed by atoms with Crippen LogP contribution in [0.2, 0.25) is 0 Å². The standard InChI is InChI=1S/C4H9N3O5S/c1-12-4(9)7-13(10,11)6-2-3(5)8/h6H,2H2,1H3,(H2,5,8)(H,7,9). The third kappa shape index (κ3) is 5.87. The number of nitrogens with one attached hydrogen (secondary N) is 2. The second kappa shape index (κ2) is 4.62. The summed E-state index contributed by atoms with van der Waals surface area (Å²) >= 11 is 0. The van der Waals surface area contributed by atoms with Crippen LogP contribution in [-0.4, -0.2) is 34.1 Å². The molecule has 0 aliphatic rings. The van der Waals surface area contributed by atoms with Gasteiger partial charge in [-0.2, -0.15) is 13.1 Å². The van der Waals surface area contributed by atoms with Crippen molar-refractivity contribution in [3.8, 4) is 0 Å². The normalized spacial score (nSPS) is 10.5. The first-order chi connectivity index (χ1) is 5.87. The van der Waals surface area contributed by atoms with E-state index >= 15 is 0 Å². The highest BCUT2D eigenvalue weighted by atomic mass is 32.2. The van der Waals surface area contributed by atoms with Gasteiger partial charge in [0, 0.05) is 0 Å². The number of hydrogen-bond donors (Lipinski definition) is 3. The second-order valence-corrected chi connectivity index (χ2v) is 3.38. The second-order valence-electron chi connectivity index (χ2n) is 1.88. The predicted octanol–water partition coefficient (Wildman–Crippen LogP) is -2.34. The molecule has 0 spiro atoms. The highest BCUT2D eigenvalue weighted by Gasteiger charge is 2.14. The van der Waals surface area contributed by atoms with Gasteiger partial charge in [-0.3, -0.25) is 4.79 Å². The maximum Gasteiger partial charge on any atom is 0.421 e. The van der Waals surface area contributed by atoms with Gasteiger partial charge in [-0.1, -0.05) is 0 Å². The van der Waals surface area contributed by atoms with Crippen molar-refractivity contribution in [2.24, 2.45) is 5.73 Å². The van der Waals surface area contributed by atoms with Gasteiger partial charge in [-0.05, 0) is 0 Å². The van der Waals surface area contributed by atoms with E-state index in [4.69, 9.17) is 0 Å². The molecule has 0 radical (unpaired) electrons. The molecule has 9 heteroatoms. The first-order valence-electron chi connectivity index (χ1n) is 3.01. The molecule has 0 heterocycles. The summed E-state index contributed by atoms with van der Waals surface area (Å²) in [6, 6.07) is 0. The summed E-state index contributed by atoms with van der Waals surface area (Å²) in [7, 11) is -3.06. The summed E-state index contributed by atoms with van der Waals surface area (Å²) in [5.74, 6) is -0.866. The maximum atomic E-state index is 10.8. The van der Waals surface area contributed by atoms with Crippen LogP contribution in [0.5, 0.6) is 0 Å². The lowest BCUT2D eigenvalue weighted by atomic mass is 10.7. The van der Waals surface area contributed by atoms with Gasteiger partial charge in [0.05, 0.1) is 13.7 Å². The Morgan fingerprint density at radius 2 is 2.00 bits per heavy atom. The molecule has 0 rings (SSSR count). The summed E-state index contributed by atoms with van der Waals surface area (Å²) in [6.45, 7) is -0.591. The smallest absolute Gasteiger partial charge is 0.421 e. The molecule has 0 aromatic rings.